The fourth-order valence-electron chi connectivity index (χ4n) is 1.09. The minimum atomic E-state index is -0.582. The Hall–Kier alpha value is -1.26. The van der Waals surface area contributed by atoms with Gasteiger partial charge in [-0.3, -0.25) is 4.79 Å². The summed E-state index contributed by atoms with van der Waals surface area (Å²) in [4.78, 5) is 22.9. The second-order valence-electron chi connectivity index (χ2n) is 5.01. The maximum Gasteiger partial charge on any atom is 0.408 e. The third kappa shape index (κ3) is 8.54. The lowest BCUT2D eigenvalue weighted by Crippen LogP contribution is -2.46. The fourth-order valence-corrected chi connectivity index (χ4v) is 1.09. The predicted octanol–water partition coefficient (Wildman–Crippen LogP) is 1.82. The van der Waals surface area contributed by atoms with Gasteiger partial charge in [-0.25, -0.2) is 4.79 Å². The number of alkyl carbamates (subject to hydrolysis) is 1. The molecular weight excluding hydrogens is 220 g/mol. The third-order valence-electron chi connectivity index (χ3n) is 1.96. The number of carbonyl (C=O) groups excluding carboxylic acids is 2. The van der Waals surface area contributed by atoms with E-state index in [2.05, 4.69) is 17.6 Å². The summed E-state index contributed by atoms with van der Waals surface area (Å²) in [6.45, 7) is 9.64. The third-order valence-corrected chi connectivity index (χ3v) is 1.96. The van der Waals surface area contributed by atoms with Gasteiger partial charge in [0.05, 0.1) is 0 Å². The highest BCUT2D eigenvalue weighted by molar-refractivity contribution is 5.85. The number of carbonyl (C=O) groups is 2. The van der Waals surface area contributed by atoms with E-state index in [1.165, 1.54) is 0 Å². The molecule has 2 N–H and O–H groups in total. The van der Waals surface area contributed by atoms with E-state index in [-0.39, 0.29) is 5.91 Å². The molecule has 0 aromatic rings. The molecule has 2 amide bonds. The summed E-state index contributed by atoms with van der Waals surface area (Å²) < 4.78 is 5.05. The number of hydrogen-bond acceptors (Lipinski definition) is 3. The molecule has 0 aromatic carbocycles. The van der Waals surface area contributed by atoms with Crippen LogP contribution < -0.4 is 10.6 Å². The molecule has 0 bridgehead atoms. The Labute approximate surface area is 103 Å². The fraction of sp³-hybridized carbons (Fsp3) is 0.833. The average molecular weight is 244 g/mol. The van der Waals surface area contributed by atoms with Crippen LogP contribution >= 0.6 is 0 Å². The van der Waals surface area contributed by atoms with Crippen LogP contribution in [0.15, 0.2) is 0 Å². The van der Waals surface area contributed by atoms with Crippen molar-refractivity contribution >= 4 is 12.0 Å². The monoisotopic (exact) mass is 244 g/mol. The normalized spacial score (nSPS) is 12.8. The topological polar surface area (TPSA) is 67.4 Å². The van der Waals surface area contributed by atoms with Crippen LogP contribution in [-0.2, 0) is 9.53 Å². The Morgan fingerprint density at radius 3 is 2.35 bits per heavy atom. The van der Waals surface area contributed by atoms with E-state index >= 15 is 0 Å². The van der Waals surface area contributed by atoms with E-state index in [0.29, 0.717) is 6.54 Å². The summed E-state index contributed by atoms with van der Waals surface area (Å²) in [5.41, 5.74) is -0.553. The van der Waals surface area contributed by atoms with Crippen LogP contribution in [0.4, 0.5) is 4.79 Å². The van der Waals surface area contributed by atoms with Crippen LogP contribution in [0, 0.1) is 0 Å². The van der Waals surface area contributed by atoms with Crippen molar-refractivity contribution in [1.82, 2.24) is 10.6 Å². The minimum Gasteiger partial charge on any atom is -0.444 e. The van der Waals surface area contributed by atoms with E-state index in [1.807, 2.05) is 0 Å². The Bertz CT molecular complexity index is 259. The molecule has 0 rings (SSSR count). The van der Waals surface area contributed by atoms with Crippen molar-refractivity contribution in [3.8, 4) is 0 Å². The molecule has 0 unspecified atom stereocenters. The largest absolute Gasteiger partial charge is 0.444 e. The van der Waals surface area contributed by atoms with E-state index < -0.39 is 17.7 Å². The lowest BCUT2D eigenvalue weighted by Gasteiger charge is -2.21. The quantitative estimate of drug-likeness (QED) is 0.725. The first-order valence-corrected chi connectivity index (χ1v) is 6.03. The van der Waals surface area contributed by atoms with Crippen molar-refractivity contribution < 1.29 is 14.3 Å². The summed E-state index contributed by atoms with van der Waals surface area (Å²) in [5, 5.41) is 5.23. The van der Waals surface area contributed by atoms with Gasteiger partial charge in [0.1, 0.15) is 11.6 Å². The van der Waals surface area contributed by atoms with Crippen molar-refractivity contribution in [3.05, 3.63) is 0 Å². The molecule has 0 saturated heterocycles. The summed E-state index contributed by atoms with van der Waals surface area (Å²) in [6, 6.07) is -0.582. The van der Waals surface area contributed by atoms with Crippen LogP contribution in [0.25, 0.3) is 0 Å². The molecule has 0 aliphatic rings. The van der Waals surface area contributed by atoms with Crippen molar-refractivity contribution in [2.75, 3.05) is 6.54 Å². The van der Waals surface area contributed by atoms with Gasteiger partial charge in [-0.2, -0.15) is 0 Å². The zero-order valence-electron chi connectivity index (χ0n) is 11.4. The van der Waals surface area contributed by atoms with Gasteiger partial charge >= 0.3 is 6.09 Å². The standard InChI is InChI=1S/C12H24N2O3/c1-6-7-8-13-10(15)9(2)14-11(16)17-12(3,4)5/h9H,6-8H2,1-5H3,(H,13,15)(H,14,16)/t9-/m1/s1. The van der Waals surface area contributed by atoms with Crippen LogP contribution in [0.1, 0.15) is 47.5 Å². The van der Waals surface area contributed by atoms with Gasteiger partial charge in [0.15, 0.2) is 0 Å². The highest BCUT2D eigenvalue weighted by atomic mass is 16.6. The molecule has 0 heterocycles. The Morgan fingerprint density at radius 1 is 1.29 bits per heavy atom. The SMILES string of the molecule is CCCCNC(=O)[C@@H](C)NC(=O)OC(C)(C)C. The first kappa shape index (κ1) is 15.7. The molecule has 17 heavy (non-hydrogen) atoms. The maximum atomic E-state index is 11.5. The number of ether oxygens (including phenoxy) is 1. The summed E-state index contributed by atoms with van der Waals surface area (Å²) >= 11 is 0. The van der Waals surface area contributed by atoms with Crippen LogP contribution in [0.3, 0.4) is 0 Å². The van der Waals surface area contributed by atoms with E-state index in [4.69, 9.17) is 4.74 Å². The van der Waals surface area contributed by atoms with Gasteiger partial charge in [0.25, 0.3) is 0 Å². The summed E-state index contributed by atoms with van der Waals surface area (Å²) in [6.07, 6.45) is 1.38. The predicted molar refractivity (Wildman–Crippen MR) is 66.7 cm³/mol. The van der Waals surface area contributed by atoms with Crippen molar-refractivity contribution in [2.45, 2.75) is 59.1 Å². The van der Waals surface area contributed by atoms with Gasteiger partial charge in [0.2, 0.25) is 5.91 Å². The number of nitrogens with one attached hydrogen (secondary N) is 2. The van der Waals surface area contributed by atoms with E-state index in [0.717, 1.165) is 12.8 Å². The van der Waals surface area contributed by atoms with E-state index in [1.54, 1.807) is 27.7 Å². The molecule has 100 valence electrons. The number of hydrogen-bond donors (Lipinski definition) is 2. The molecule has 5 nitrogen and oxygen atoms in total. The lowest BCUT2D eigenvalue weighted by atomic mass is 10.2. The highest BCUT2D eigenvalue weighted by Gasteiger charge is 2.20. The zero-order valence-corrected chi connectivity index (χ0v) is 11.4. The lowest BCUT2D eigenvalue weighted by molar-refractivity contribution is -0.122. The van der Waals surface area contributed by atoms with Crippen LogP contribution in [0.5, 0.6) is 0 Å². The molecule has 1 atom stereocenters. The maximum absolute atomic E-state index is 11.5. The Morgan fingerprint density at radius 2 is 1.88 bits per heavy atom. The molecule has 0 saturated carbocycles. The first-order chi connectivity index (χ1) is 7.76. The Kier molecular flexibility index (Phi) is 6.61. The average Bonchev–Trinajstić information content (AvgIpc) is 2.14. The van der Waals surface area contributed by atoms with E-state index in [9.17, 15) is 9.59 Å². The highest BCUT2D eigenvalue weighted by Crippen LogP contribution is 2.06. The van der Waals surface area contributed by atoms with Gasteiger partial charge in [-0.15, -0.1) is 0 Å². The molecule has 0 aliphatic carbocycles. The van der Waals surface area contributed by atoms with Gasteiger partial charge in [-0.05, 0) is 34.1 Å². The molecule has 0 aliphatic heterocycles. The van der Waals surface area contributed by atoms with Crippen molar-refractivity contribution in [2.24, 2.45) is 0 Å². The van der Waals surface area contributed by atoms with Crippen LogP contribution in [0.2, 0.25) is 0 Å². The summed E-state index contributed by atoms with van der Waals surface area (Å²) in [5.74, 6) is -0.190. The molecule has 0 fully saturated rings. The molecule has 0 aromatic heterocycles. The number of amides is 2. The number of rotatable bonds is 5. The molecule has 5 heteroatoms. The minimum absolute atomic E-state index is 0.190. The smallest absolute Gasteiger partial charge is 0.408 e. The first-order valence-electron chi connectivity index (χ1n) is 6.03. The molecular formula is C12H24N2O3. The second kappa shape index (κ2) is 7.14. The number of unbranched alkanes of at least 4 members (excludes halogenated alkanes) is 1. The Balaban J connectivity index is 3.95. The van der Waals surface area contributed by atoms with Gasteiger partial charge < -0.3 is 15.4 Å². The van der Waals surface area contributed by atoms with Gasteiger partial charge in [-0.1, -0.05) is 13.3 Å². The van der Waals surface area contributed by atoms with Crippen molar-refractivity contribution in [1.29, 1.82) is 0 Å². The van der Waals surface area contributed by atoms with Gasteiger partial charge in [0, 0.05) is 6.54 Å². The molecule has 0 spiro atoms. The summed E-state index contributed by atoms with van der Waals surface area (Å²) in [7, 11) is 0. The van der Waals surface area contributed by atoms with Crippen LogP contribution in [-0.4, -0.2) is 30.2 Å². The molecule has 0 radical (unpaired) electrons. The second-order valence-corrected chi connectivity index (χ2v) is 5.01. The zero-order chi connectivity index (χ0) is 13.5. The van der Waals surface area contributed by atoms with Crippen molar-refractivity contribution in [3.63, 3.8) is 0 Å².